The Balaban J connectivity index is 1.63. The number of urea groups is 1. The first-order valence-corrected chi connectivity index (χ1v) is 8.61. The maximum Gasteiger partial charge on any atom is 0.317 e. The lowest BCUT2D eigenvalue weighted by Gasteiger charge is -2.31. The predicted octanol–water partition coefficient (Wildman–Crippen LogP) is 1.42. The van der Waals surface area contributed by atoms with Gasteiger partial charge < -0.3 is 20.9 Å². The number of carbonyl (C=O) groups excluding carboxylic acids is 2. The SMILES string of the molecule is CN(Cc1ccccc1)C(=O)NCCCN1CCC[C@H](C(N)=O)C1. The maximum atomic E-state index is 12.1. The minimum atomic E-state index is -0.199. The van der Waals surface area contributed by atoms with Gasteiger partial charge in [0, 0.05) is 26.7 Å². The molecule has 132 valence electrons. The molecule has 1 fully saturated rings. The molecular weight excluding hydrogens is 304 g/mol. The Hall–Kier alpha value is -2.08. The van der Waals surface area contributed by atoms with E-state index < -0.39 is 0 Å². The van der Waals surface area contributed by atoms with Crippen molar-refractivity contribution in [2.24, 2.45) is 11.7 Å². The number of hydrogen-bond acceptors (Lipinski definition) is 3. The van der Waals surface area contributed by atoms with Crippen LogP contribution in [0.5, 0.6) is 0 Å². The van der Waals surface area contributed by atoms with Crippen LogP contribution in [-0.4, -0.2) is 55.0 Å². The van der Waals surface area contributed by atoms with Gasteiger partial charge in [-0.2, -0.15) is 0 Å². The number of hydrogen-bond donors (Lipinski definition) is 2. The Morgan fingerprint density at radius 1 is 1.33 bits per heavy atom. The van der Waals surface area contributed by atoms with Crippen LogP contribution in [0, 0.1) is 5.92 Å². The molecule has 1 aliphatic rings. The van der Waals surface area contributed by atoms with E-state index in [4.69, 9.17) is 5.73 Å². The minimum Gasteiger partial charge on any atom is -0.369 e. The Morgan fingerprint density at radius 2 is 2.08 bits per heavy atom. The van der Waals surface area contributed by atoms with Gasteiger partial charge in [0.25, 0.3) is 0 Å². The number of nitrogens with two attached hydrogens (primary N) is 1. The van der Waals surface area contributed by atoms with Crippen molar-refractivity contribution in [3.05, 3.63) is 35.9 Å². The normalized spacial score (nSPS) is 18.1. The lowest BCUT2D eigenvalue weighted by molar-refractivity contribution is -0.123. The topological polar surface area (TPSA) is 78.7 Å². The van der Waals surface area contributed by atoms with E-state index in [1.807, 2.05) is 30.3 Å². The fourth-order valence-corrected chi connectivity index (χ4v) is 3.05. The standard InChI is InChI=1S/C18H28N4O2/c1-21(13-15-7-3-2-4-8-15)18(24)20-10-6-12-22-11-5-9-16(14-22)17(19)23/h2-4,7-8,16H,5-6,9-14H2,1H3,(H2,19,23)(H,20,24)/t16-/m0/s1. The van der Waals surface area contributed by atoms with Crippen molar-refractivity contribution in [1.82, 2.24) is 15.1 Å². The largest absolute Gasteiger partial charge is 0.369 e. The van der Waals surface area contributed by atoms with E-state index in [1.165, 1.54) is 0 Å². The second-order valence-electron chi connectivity index (χ2n) is 6.47. The van der Waals surface area contributed by atoms with Crippen LogP contribution in [-0.2, 0) is 11.3 Å². The Bertz CT molecular complexity index is 535. The molecule has 2 rings (SSSR count). The average molecular weight is 332 g/mol. The van der Waals surface area contributed by atoms with Crippen molar-refractivity contribution in [2.45, 2.75) is 25.8 Å². The van der Waals surface area contributed by atoms with Crippen LogP contribution >= 0.6 is 0 Å². The summed E-state index contributed by atoms with van der Waals surface area (Å²) < 4.78 is 0. The number of nitrogens with zero attached hydrogens (tertiary/aromatic N) is 2. The highest BCUT2D eigenvalue weighted by atomic mass is 16.2. The third kappa shape index (κ3) is 5.85. The van der Waals surface area contributed by atoms with Crippen LogP contribution in [0.25, 0.3) is 0 Å². The van der Waals surface area contributed by atoms with Gasteiger partial charge in [0.05, 0.1) is 5.92 Å². The number of likely N-dealkylation sites (tertiary alicyclic amines) is 1. The molecule has 0 bridgehead atoms. The number of carbonyl (C=O) groups is 2. The molecule has 1 saturated heterocycles. The number of primary amides is 1. The fourth-order valence-electron chi connectivity index (χ4n) is 3.05. The molecule has 0 aromatic heterocycles. The monoisotopic (exact) mass is 332 g/mol. The number of rotatable bonds is 7. The van der Waals surface area contributed by atoms with Gasteiger partial charge in [-0.15, -0.1) is 0 Å². The van der Waals surface area contributed by atoms with Crippen LogP contribution in [0.3, 0.4) is 0 Å². The summed E-state index contributed by atoms with van der Waals surface area (Å²) in [5.41, 5.74) is 6.50. The van der Waals surface area contributed by atoms with Crippen molar-refractivity contribution < 1.29 is 9.59 Å². The van der Waals surface area contributed by atoms with Gasteiger partial charge >= 0.3 is 6.03 Å². The maximum absolute atomic E-state index is 12.1. The van der Waals surface area contributed by atoms with E-state index in [-0.39, 0.29) is 17.9 Å². The molecule has 1 heterocycles. The zero-order chi connectivity index (χ0) is 17.4. The highest BCUT2D eigenvalue weighted by Gasteiger charge is 2.23. The molecular formula is C18H28N4O2. The highest BCUT2D eigenvalue weighted by Crippen LogP contribution is 2.15. The second-order valence-corrected chi connectivity index (χ2v) is 6.47. The first-order chi connectivity index (χ1) is 11.6. The predicted molar refractivity (Wildman–Crippen MR) is 94.3 cm³/mol. The number of nitrogens with one attached hydrogen (secondary N) is 1. The molecule has 1 aromatic rings. The van der Waals surface area contributed by atoms with Gasteiger partial charge in [0.1, 0.15) is 0 Å². The molecule has 0 aliphatic carbocycles. The van der Waals surface area contributed by atoms with Crippen molar-refractivity contribution in [3.8, 4) is 0 Å². The summed E-state index contributed by atoms with van der Waals surface area (Å²) in [6, 6.07) is 9.86. The molecule has 0 unspecified atom stereocenters. The van der Waals surface area contributed by atoms with Gasteiger partial charge in [0.15, 0.2) is 0 Å². The summed E-state index contributed by atoms with van der Waals surface area (Å²) >= 11 is 0. The van der Waals surface area contributed by atoms with Crippen molar-refractivity contribution >= 4 is 11.9 Å². The molecule has 24 heavy (non-hydrogen) atoms. The summed E-state index contributed by atoms with van der Waals surface area (Å²) in [4.78, 5) is 27.3. The van der Waals surface area contributed by atoms with E-state index in [0.29, 0.717) is 13.1 Å². The molecule has 6 heteroatoms. The Labute approximate surface area is 144 Å². The van der Waals surface area contributed by atoms with E-state index in [1.54, 1.807) is 11.9 Å². The molecule has 3 amide bonds. The lowest BCUT2D eigenvalue weighted by atomic mass is 9.97. The Morgan fingerprint density at radius 3 is 2.79 bits per heavy atom. The van der Waals surface area contributed by atoms with Gasteiger partial charge in [-0.3, -0.25) is 4.79 Å². The van der Waals surface area contributed by atoms with Crippen molar-refractivity contribution in [3.63, 3.8) is 0 Å². The van der Waals surface area contributed by atoms with Gasteiger partial charge in [0.2, 0.25) is 5.91 Å². The lowest BCUT2D eigenvalue weighted by Crippen LogP contribution is -2.42. The summed E-state index contributed by atoms with van der Waals surface area (Å²) in [7, 11) is 1.80. The van der Waals surface area contributed by atoms with Gasteiger partial charge in [-0.1, -0.05) is 30.3 Å². The quantitative estimate of drug-likeness (QED) is 0.741. The molecule has 1 aliphatic heterocycles. The molecule has 0 radical (unpaired) electrons. The summed E-state index contributed by atoms with van der Waals surface area (Å²) in [5.74, 6) is -0.221. The molecule has 1 aromatic carbocycles. The van der Waals surface area contributed by atoms with Gasteiger partial charge in [-0.25, -0.2) is 4.79 Å². The number of benzene rings is 1. The van der Waals surface area contributed by atoms with Crippen LogP contribution in [0.4, 0.5) is 4.79 Å². The van der Waals surface area contributed by atoms with E-state index in [9.17, 15) is 9.59 Å². The van der Waals surface area contributed by atoms with Crippen LogP contribution in [0.1, 0.15) is 24.8 Å². The Kier molecular flexibility index (Phi) is 7.06. The van der Waals surface area contributed by atoms with Gasteiger partial charge in [-0.05, 0) is 37.9 Å². The van der Waals surface area contributed by atoms with Crippen LogP contribution in [0.2, 0.25) is 0 Å². The van der Waals surface area contributed by atoms with E-state index in [2.05, 4.69) is 10.2 Å². The third-order valence-electron chi connectivity index (χ3n) is 4.44. The second kappa shape index (κ2) is 9.27. The first kappa shape index (κ1) is 18.3. The number of piperidine rings is 1. The van der Waals surface area contributed by atoms with Crippen molar-refractivity contribution in [2.75, 3.05) is 33.2 Å². The molecule has 0 spiro atoms. The summed E-state index contributed by atoms with van der Waals surface area (Å²) in [5, 5.41) is 2.94. The van der Waals surface area contributed by atoms with Crippen LogP contribution in [0.15, 0.2) is 30.3 Å². The zero-order valence-corrected chi connectivity index (χ0v) is 14.4. The minimum absolute atomic E-state index is 0.0228. The molecule has 6 nitrogen and oxygen atoms in total. The smallest absolute Gasteiger partial charge is 0.317 e. The molecule has 3 N–H and O–H groups in total. The van der Waals surface area contributed by atoms with E-state index >= 15 is 0 Å². The van der Waals surface area contributed by atoms with Crippen LogP contribution < -0.4 is 11.1 Å². The molecule has 1 atom stereocenters. The third-order valence-corrected chi connectivity index (χ3v) is 4.44. The highest BCUT2D eigenvalue weighted by molar-refractivity contribution is 5.77. The number of amides is 3. The zero-order valence-electron chi connectivity index (χ0n) is 14.4. The molecule has 0 saturated carbocycles. The summed E-state index contributed by atoms with van der Waals surface area (Å²) in [6.45, 7) is 3.87. The van der Waals surface area contributed by atoms with Crippen molar-refractivity contribution in [1.29, 1.82) is 0 Å². The van der Waals surface area contributed by atoms with E-state index in [0.717, 1.165) is 44.5 Å². The summed E-state index contributed by atoms with van der Waals surface area (Å²) in [6.07, 6.45) is 2.78. The first-order valence-electron chi connectivity index (χ1n) is 8.61. The average Bonchev–Trinajstić information content (AvgIpc) is 2.59. The fraction of sp³-hybridized carbons (Fsp3) is 0.556.